The van der Waals surface area contributed by atoms with Gasteiger partial charge in [-0.15, -0.1) is 0 Å². The molecule has 0 unspecified atom stereocenters. The van der Waals surface area contributed by atoms with Crippen molar-refractivity contribution in [1.82, 2.24) is 4.98 Å². The van der Waals surface area contributed by atoms with Gasteiger partial charge in [0.1, 0.15) is 11.8 Å². The number of benzene rings is 1. The number of nitrogens with zero attached hydrogens (tertiary/aromatic N) is 2. The highest BCUT2D eigenvalue weighted by Gasteiger charge is 2.33. The molecule has 0 N–H and O–H groups in total. The van der Waals surface area contributed by atoms with Crippen molar-refractivity contribution in [2.75, 3.05) is 0 Å². The van der Waals surface area contributed by atoms with E-state index in [1.165, 1.54) is 0 Å². The summed E-state index contributed by atoms with van der Waals surface area (Å²) in [5.74, 6) is 0. The minimum absolute atomic E-state index is 0.0535. The number of aromatic nitrogens is 1. The highest BCUT2D eigenvalue weighted by Crippen LogP contribution is 2.32. The fraction of sp³-hybridized carbons (Fsp3) is 0.294. The molecule has 5 heteroatoms. The van der Waals surface area contributed by atoms with Crippen molar-refractivity contribution in [3.05, 3.63) is 53.2 Å². The van der Waals surface area contributed by atoms with Crippen LogP contribution in [0.1, 0.15) is 37.6 Å². The number of halogens is 3. The topological polar surface area (TPSA) is 36.7 Å². The van der Waals surface area contributed by atoms with Gasteiger partial charge in [-0.25, -0.2) is 4.98 Å². The molecule has 0 fully saturated rings. The Bertz CT molecular complexity index is 718. The second-order valence-electron chi connectivity index (χ2n) is 6.03. The van der Waals surface area contributed by atoms with Crippen LogP contribution in [0.2, 0.25) is 0 Å². The van der Waals surface area contributed by atoms with Gasteiger partial charge in [0, 0.05) is 5.56 Å². The van der Waals surface area contributed by atoms with E-state index in [1.807, 2.05) is 39.0 Å². The normalized spacial score (nSPS) is 12.0. The summed E-state index contributed by atoms with van der Waals surface area (Å²) >= 11 is 0. The SMILES string of the molecule is CC(C)(C)c1ccc(-c2nc(C(F)(F)F)ccc2C#N)cc1. The standard InChI is InChI=1S/C17H15F3N2/c1-16(2,3)13-7-4-11(5-8-13)15-12(10-21)6-9-14(22-15)17(18,19)20/h4-9H,1-3H3. The van der Waals surface area contributed by atoms with Crippen LogP contribution in [0.25, 0.3) is 11.3 Å². The second-order valence-corrected chi connectivity index (χ2v) is 6.03. The lowest BCUT2D eigenvalue weighted by Crippen LogP contribution is -2.11. The Kier molecular flexibility index (Phi) is 3.97. The molecule has 0 saturated heterocycles. The molecule has 0 aliphatic carbocycles. The maximum Gasteiger partial charge on any atom is 0.433 e. The Morgan fingerprint density at radius 2 is 1.55 bits per heavy atom. The first-order chi connectivity index (χ1) is 10.1. The number of rotatable bonds is 1. The van der Waals surface area contributed by atoms with Gasteiger partial charge in [0.2, 0.25) is 0 Å². The van der Waals surface area contributed by atoms with Crippen molar-refractivity contribution in [2.45, 2.75) is 32.4 Å². The predicted octanol–water partition coefficient (Wildman–Crippen LogP) is 4.94. The third-order valence-corrected chi connectivity index (χ3v) is 3.33. The van der Waals surface area contributed by atoms with Gasteiger partial charge in [-0.05, 0) is 23.1 Å². The van der Waals surface area contributed by atoms with Gasteiger partial charge in [0.05, 0.1) is 11.3 Å². The number of hydrogen-bond acceptors (Lipinski definition) is 2. The Morgan fingerprint density at radius 1 is 0.955 bits per heavy atom. The van der Waals surface area contributed by atoms with Crippen LogP contribution in [0.15, 0.2) is 36.4 Å². The molecule has 0 saturated carbocycles. The Labute approximate surface area is 127 Å². The fourth-order valence-corrected chi connectivity index (χ4v) is 2.06. The highest BCUT2D eigenvalue weighted by atomic mass is 19.4. The van der Waals surface area contributed by atoms with Crippen molar-refractivity contribution in [3.63, 3.8) is 0 Å². The summed E-state index contributed by atoms with van der Waals surface area (Å²) < 4.78 is 38.4. The van der Waals surface area contributed by atoms with Gasteiger partial charge in [0.25, 0.3) is 0 Å². The van der Waals surface area contributed by atoms with Crippen LogP contribution < -0.4 is 0 Å². The monoisotopic (exact) mass is 304 g/mol. The van der Waals surface area contributed by atoms with Gasteiger partial charge in [0.15, 0.2) is 0 Å². The van der Waals surface area contributed by atoms with Crippen molar-refractivity contribution in [1.29, 1.82) is 5.26 Å². The second kappa shape index (κ2) is 5.45. The summed E-state index contributed by atoms with van der Waals surface area (Å²) in [4.78, 5) is 3.63. The highest BCUT2D eigenvalue weighted by molar-refractivity contribution is 5.67. The van der Waals surface area contributed by atoms with Gasteiger partial charge < -0.3 is 0 Å². The van der Waals surface area contributed by atoms with Crippen LogP contribution in [-0.4, -0.2) is 4.98 Å². The smallest absolute Gasteiger partial charge is 0.242 e. The third-order valence-electron chi connectivity index (χ3n) is 3.33. The Hall–Kier alpha value is -2.35. The summed E-state index contributed by atoms with van der Waals surface area (Å²) in [6, 6.07) is 11.0. The summed E-state index contributed by atoms with van der Waals surface area (Å²) in [6.45, 7) is 6.14. The predicted molar refractivity (Wildman–Crippen MR) is 78.1 cm³/mol. The van der Waals surface area contributed by atoms with E-state index in [9.17, 15) is 13.2 Å². The molecule has 0 atom stereocenters. The first kappa shape index (κ1) is 16.0. The molecular weight excluding hydrogens is 289 g/mol. The van der Waals surface area contributed by atoms with Gasteiger partial charge in [-0.1, -0.05) is 45.0 Å². The van der Waals surface area contributed by atoms with Crippen LogP contribution in [0, 0.1) is 11.3 Å². The summed E-state index contributed by atoms with van der Waals surface area (Å²) in [5.41, 5.74) is 0.672. The average molecular weight is 304 g/mol. The van der Waals surface area contributed by atoms with Crippen LogP contribution in [0.3, 0.4) is 0 Å². The van der Waals surface area contributed by atoms with Crippen LogP contribution in [0.5, 0.6) is 0 Å². The molecule has 1 heterocycles. The zero-order chi connectivity index (χ0) is 16.5. The molecule has 0 bridgehead atoms. The van der Waals surface area contributed by atoms with E-state index in [0.717, 1.165) is 17.7 Å². The van der Waals surface area contributed by atoms with Crippen LogP contribution in [-0.2, 0) is 11.6 Å². The lowest BCUT2D eigenvalue weighted by molar-refractivity contribution is -0.141. The first-order valence-electron chi connectivity index (χ1n) is 6.72. The quantitative estimate of drug-likeness (QED) is 0.748. The third kappa shape index (κ3) is 3.28. The van der Waals surface area contributed by atoms with E-state index < -0.39 is 11.9 Å². The van der Waals surface area contributed by atoms with E-state index >= 15 is 0 Å². The molecular formula is C17H15F3N2. The summed E-state index contributed by atoms with van der Waals surface area (Å²) in [6.07, 6.45) is -4.53. The molecule has 1 aromatic heterocycles. The molecule has 2 nitrogen and oxygen atoms in total. The molecule has 22 heavy (non-hydrogen) atoms. The molecule has 0 aliphatic rings. The van der Waals surface area contributed by atoms with Crippen LogP contribution >= 0.6 is 0 Å². The molecule has 2 aromatic rings. The van der Waals surface area contributed by atoms with Crippen molar-refractivity contribution >= 4 is 0 Å². The maximum atomic E-state index is 12.8. The largest absolute Gasteiger partial charge is 0.433 e. The van der Waals surface area contributed by atoms with Gasteiger partial charge in [-0.2, -0.15) is 18.4 Å². The first-order valence-corrected chi connectivity index (χ1v) is 6.72. The van der Waals surface area contributed by atoms with Crippen molar-refractivity contribution in [3.8, 4) is 17.3 Å². The molecule has 1 aromatic carbocycles. The molecule has 114 valence electrons. The lowest BCUT2D eigenvalue weighted by Gasteiger charge is -2.19. The van der Waals surface area contributed by atoms with E-state index in [0.29, 0.717) is 5.56 Å². The molecule has 0 radical (unpaired) electrons. The fourth-order valence-electron chi connectivity index (χ4n) is 2.06. The van der Waals surface area contributed by atoms with Crippen LogP contribution in [0.4, 0.5) is 13.2 Å². The average Bonchev–Trinajstić information content (AvgIpc) is 2.45. The summed E-state index contributed by atoms with van der Waals surface area (Å²) in [7, 11) is 0. The lowest BCUT2D eigenvalue weighted by atomic mass is 9.86. The number of nitriles is 1. The van der Waals surface area contributed by atoms with E-state index in [4.69, 9.17) is 5.26 Å². The zero-order valence-corrected chi connectivity index (χ0v) is 12.5. The minimum Gasteiger partial charge on any atom is -0.242 e. The van der Waals surface area contributed by atoms with E-state index in [1.54, 1.807) is 12.1 Å². The number of alkyl halides is 3. The maximum absolute atomic E-state index is 12.8. The zero-order valence-electron chi connectivity index (χ0n) is 12.5. The Balaban J connectivity index is 2.54. The van der Waals surface area contributed by atoms with E-state index in [2.05, 4.69) is 4.98 Å². The van der Waals surface area contributed by atoms with Crippen molar-refractivity contribution < 1.29 is 13.2 Å². The number of hydrogen-bond donors (Lipinski definition) is 0. The van der Waals surface area contributed by atoms with Crippen molar-refractivity contribution in [2.24, 2.45) is 0 Å². The summed E-state index contributed by atoms with van der Waals surface area (Å²) in [5, 5.41) is 9.09. The minimum atomic E-state index is -4.53. The number of pyridine rings is 1. The molecule has 0 amide bonds. The molecule has 2 rings (SSSR count). The van der Waals surface area contributed by atoms with Gasteiger partial charge in [-0.3, -0.25) is 0 Å². The van der Waals surface area contributed by atoms with E-state index in [-0.39, 0.29) is 16.7 Å². The molecule has 0 aliphatic heterocycles. The Morgan fingerprint density at radius 3 is 2.00 bits per heavy atom. The van der Waals surface area contributed by atoms with Gasteiger partial charge >= 0.3 is 6.18 Å². The molecule has 0 spiro atoms.